The van der Waals surface area contributed by atoms with Crippen molar-refractivity contribution >= 4 is 11.9 Å². The van der Waals surface area contributed by atoms with E-state index in [1.165, 1.54) is 0 Å². The average molecular weight is 256 g/mol. The molecule has 3 N–H and O–H groups in total. The van der Waals surface area contributed by atoms with Crippen LogP contribution in [-0.4, -0.2) is 31.6 Å². The topological polar surface area (TPSA) is 81.4 Å². The fourth-order valence-corrected chi connectivity index (χ4v) is 2.22. The molecule has 0 aromatic carbocycles. The molecule has 1 unspecified atom stereocenters. The largest absolute Gasteiger partial charge is 0.465 e. The summed E-state index contributed by atoms with van der Waals surface area (Å²) >= 11 is 0. The summed E-state index contributed by atoms with van der Waals surface area (Å²) in [5.74, 6) is 0.688. The summed E-state index contributed by atoms with van der Waals surface area (Å²) in [7, 11) is 0. The van der Waals surface area contributed by atoms with Gasteiger partial charge in [-0.05, 0) is 24.8 Å². The zero-order valence-electron chi connectivity index (χ0n) is 11.3. The number of carbonyl (C=O) groups excluding carboxylic acids is 2. The van der Waals surface area contributed by atoms with Crippen molar-refractivity contribution in [1.82, 2.24) is 5.32 Å². The number of carbonyl (C=O) groups is 2. The first-order valence-corrected chi connectivity index (χ1v) is 6.63. The fraction of sp³-hybridized carbons (Fsp3) is 0.846. The summed E-state index contributed by atoms with van der Waals surface area (Å²) in [4.78, 5) is 22.6. The number of nitrogens with two attached hydrogens (primary N) is 1. The van der Waals surface area contributed by atoms with Gasteiger partial charge in [-0.15, -0.1) is 0 Å². The molecule has 5 nitrogen and oxygen atoms in total. The maximum absolute atomic E-state index is 11.6. The third kappa shape index (κ3) is 5.49. The molecule has 0 aliphatic carbocycles. The minimum absolute atomic E-state index is 0.0377. The van der Waals surface area contributed by atoms with Crippen molar-refractivity contribution in [3.05, 3.63) is 0 Å². The molecular formula is C13H24N2O3. The molecule has 1 fully saturated rings. The summed E-state index contributed by atoms with van der Waals surface area (Å²) in [6, 6.07) is 0. The molecule has 0 bridgehead atoms. The fourth-order valence-electron chi connectivity index (χ4n) is 2.22. The minimum Gasteiger partial charge on any atom is -0.465 e. The van der Waals surface area contributed by atoms with E-state index in [0.717, 1.165) is 6.42 Å². The molecule has 5 heteroatoms. The van der Waals surface area contributed by atoms with E-state index < -0.39 is 0 Å². The van der Waals surface area contributed by atoms with Crippen LogP contribution in [0.3, 0.4) is 0 Å². The normalized spacial score (nSPS) is 20.9. The second-order valence-electron chi connectivity index (χ2n) is 5.49. The third-order valence-electron chi connectivity index (χ3n) is 3.14. The number of esters is 1. The van der Waals surface area contributed by atoms with Crippen LogP contribution < -0.4 is 11.1 Å². The van der Waals surface area contributed by atoms with E-state index in [1.54, 1.807) is 0 Å². The van der Waals surface area contributed by atoms with E-state index in [9.17, 15) is 9.59 Å². The van der Waals surface area contributed by atoms with Gasteiger partial charge in [0.1, 0.15) is 0 Å². The molecule has 1 aliphatic heterocycles. The zero-order chi connectivity index (χ0) is 13.5. The van der Waals surface area contributed by atoms with Gasteiger partial charge in [-0.2, -0.15) is 0 Å². The Labute approximate surface area is 108 Å². The first-order chi connectivity index (χ1) is 8.51. The molecule has 0 aromatic heterocycles. The highest BCUT2D eigenvalue weighted by atomic mass is 16.5. The second-order valence-corrected chi connectivity index (χ2v) is 5.49. The summed E-state index contributed by atoms with van der Waals surface area (Å²) in [5.41, 5.74) is 5.64. The Hall–Kier alpha value is -1.10. The van der Waals surface area contributed by atoms with Crippen molar-refractivity contribution < 1.29 is 14.3 Å². The van der Waals surface area contributed by atoms with Crippen LogP contribution in [0, 0.1) is 17.8 Å². The van der Waals surface area contributed by atoms with Crippen molar-refractivity contribution in [3.63, 3.8) is 0 Å². The van der Waals surface area contributed by atoms with E-state index in [2.05, 4.69) is 19.2 Å². The van der Waals surface area contributed by atoms with Gasteiger partial charge in [-0.25, -0.2) is 0 Å². The molecule has 0 spiro atoms. The van der Waals surface area contributed by atoms with Gasteiger partial charge in [0.05, 0.1) is 6.61 Å². The van der Waals surface area contributed by atoms with Gasteiger partial charge in [0, 0.05) is 25.3 Å². The second kappa shape index (κ2) is 7.36. The molecule has 1 rings (SSSR count). The lowest BCUT2D eigenvalue weighted by Crippen LogP contribution is -2.23. The van der Waals surface area contributed by atoms with Crippen LogP contribution in [0.15, 0.2) is 0 Å². The predicted octanol–water partition coefficient (Wildman–Crippen LogP) is 0.677. The van der Waals surface area contributed by atoms with Crippen LogP contribution in [0.25, 0.3) is 0 Å². The van der Waals surface area contributed by atoms with Crippen molar-refractivity contribution in [2.45, 2.75) is 33.1 Å². The van der Waals surface area contributed by atoms with Gasteiger partial charge in [-0.1, -0.05) is 13.8 Å². The number of amides is 1. The first-order valence-electron chi connectivity index (χ1n) is 6.63. The maximum atomic E-state index is 11.6. The molecule has 2 atom stereocenters. The van der Waals surface area contributed by atoms with E-state index >= 15 is 0 Å². The zero-order valence-corrected chi connectivity index (χ0v) is 11.3. The van der Waals surface area contributed by atoms with Crippen LogP contribution in [0.2, 0.25) is 0 Å². The molecule has 18 heavy (non-hydrogen) atoms. The predicted molar refractivity (Wildman–Crippen MR) is 68.7 cm³/mol. The standard InChI is InChI=1S/C13H24N2O3/c1-9(2)3-10(6-14)5-13(17)18-8-11-4-12(16)15-7-11/h9-11H,3-8,14H2,1-2H3,(H,15,16)/t10-,11?/m0/s1. The molecule has 0 radical (unpaired) electrons. The van der Waals surface area contributed by atoms with E-state index in [-0.39, 0.29) is 23.7 Å². The lowest BCUT2D eigenvalue weighted by atomic mass is 9.94. The number of hydrogen-bond donors (Lipinski definition) is 2. The highest BCUT2D eigenvalue weighted by Gasteiger charge is 2.23. The smallest absolute Gasteiger partial charge is 0.306 e. The minimum atomic E-state index is -0.203. The van der Waals surface area contributed by atoms with Gasteiger partial charge < -0.3 is 15.8 Å². The number of nitrogens with one attached hydrogen (secondary N) is 1. The SMILES string of the molecule is CC(C)C[C@H](CN)CC(=O)OCC1CNC(=O)C1. The Kier molecular flexibility index (Phi) is 6.12. The lowest BCUT2D eigenvalue weighted by Gasteiger charge is -2.16. The molecule has 1 heterocycles. The lowest BCUT2D eigenvalue weighted by molar-refractivity contribution is -0.146. The number of ether oxygens (including phenoxy) is 1. The van der Waals surface area contributed by atoms with E-state index in [1.807, 2.05) is 0 Å². The Morgan fingerprint density at radius 3 is 2.78 bits per heavy atom. The van der Waals surface area contributed by atoms with Gasteiger partial charge in [0.2, 0.25) is 5.91 Å². The molecule has 104 valence electrons. The first kappa shape index (κ1) is 15.0. The third-order valence-corrected chi connectivity index (χ3v) is 3.14. The Bertz CT molecular complexity index is 292. The average Bonchev–Trinajstić information content (AvgIpc) is 2.71. The van der Waals surface area contributed by atoms with Crippen molar-refractivity contribution in [2.75, 3.05) is 19.7 Å². The molecule has 1 saturated heterocycles. The van der Waals surface area contributed by atoms with Gasteiger partial charge >= 0.3 is 5.97 Å². The van der Waals surface area contributed by atoms with E-state index in [0.29, 0.717) is 38.5 Å². The Morgan fingerprint density at radius 1 is 1.56 bits per heavy atom. The van der Waals surface area contributed by atoms with Crippen molar-refractivity contribution in [2.24, 2.45) is 23.5 Å². The highest BCUT2D eigenvalue weighted by Crippen LogP contribution is 2.16. The van der Waals surface area contributed by atoms with Gasteiger partial charge in [-0.3, -0.25) is 9.59 Å². The molecule has 1 aliphatic rings. The quantitative estimate of drug-likeness (QED) is 0.656. The Morgan fingerprint density at radius 2 is 2.28 bits per heavy atom. The summed E-state index contributed by atoms with van der Waals surface area (Å²) in [6.45, 7) is 5.68. The van der Waals surface area contributed by atoms with Crippen molar-refractivity contribution in [3.8, 4) is 0 Å². The molecular weight excluding hydrogens is 232 g/mol. The summed E-state index contributed by atoms with van der Waals surface area (Å²) < 4.78 is 5.20. The van der Waals surface area contributed by atoms with E-state index in [4.69, 9.17) is 10.5 Å². The van der Waals surface area contributed by atoms with Crippen LogP contribution in [0.1, 0.15) is 33.1 Å². The molecule has 0 aromatic rings. The Balaban J connectivity index is 2.21. The van der Waals surface area contributed by atoms with Crippen LogP contribution >= 0.6 is 0 Å². The van der Waals surface area contributed by atoms with Gasteiger partial charge in [0.15, 0.2) is 0 Å². The highest BCUT2D eigenvalue weighted by molar-refractivity contribution is 5.78. The van der Waals surface area contributed by atoms with Crippen LogP contribution in [0.5, 0.6) is 0 Å². The molecule has 0 saturated carbocycles. The number of hydrogen-bond acceptors (Lipinski definition) is 4. The van der Waals surface area contributed by atoms with Crippen LogP contribution in [0.4, 0.5) is 0 Å². The monoisotopic (exact) mass is 256 g/mol. The van der Waals surface area contributed by atoms with Gasteiger partial charge in [0.25, 0.3) is 0 Å². The maximum Gasteiger partial charge on any atom is 0.306 e. The number of rotatable bonds is 7. The van der Waals surface area contributed by atoms with Crippen molar-refractivity contribution in [1.29, 1.82) is 0 Å². The summed E-state index contributed by atoms with van der Waals surface area (Å²) in [6.07, 6.45) is 1.78. The summed E-state index contributed by atoms with van der Waals surface area (Å²) in [5, 5.41) is 2.72. The molecule has 1 amide bonds. The van der Waals surface area contributed by atoms with Crippen LogP contribution in [-0.2, 0) is 14.3 Å².